The fraction of sp³-hybridized carbons (Fsp3) is 0.588. The van der Waals surface area contributed by atoms with Crippen LogP contribution in [-0.4, -0.2) is 53.5 Å². The van der Waals surface area contributed by atoms with Gasteiger partial charge in [-0.2, -0.15) is 74.6 Å². The number of carbonyl (C=O) groups is 1. The third-order valence-corrected chi connectivity index (χ3v) is 4.77. The summed E-state index contributed by atoms with van der Waals surface area (Å²) in [6.07, 6.45) is -7.83. The summed E-state index contributed by atoms with van der Waals surface area (Å²) in [5.41, 5.74) is -0.336. The Hall–Kier alpha value is -2.50. The summed E-state index contributed by atoms with van der Waals surface area (Å²) in [4.78, 5) is 11.5. The number of halogens is 17. The molecule has 0 spiro atoms. The van der Waals surface area contributed by atoms with Crippen molar-refractivity contribution in [1.29, 1.82) is 0 Å². The van der Waals surface area contributed by atoms with Crippen LogP contribution in [0.5, 0.6) is 0 Å². The first-order chi connectivity index (χ1) is 15.6. The number of alkyl halides is 17. The number of anilines is 1. The van der Waals surface area contributed by atoms with Gasteiger partial charge in [-0.15, -0.1) is 0 Å². The molecule has 0 unspecified atom stereocenters. The highest BCUT2D eigenvalue weighted by Gasteiger charge is 2.95. The van der Waals surface area contributed by atoms with E-state index in [0.717, 1.165) is 17.4 Å². The minimum atomic E-state index is -8.74. The van der Waals surface area contributed by atoms with Crippen molar-refractivity contribution in [2.24, 2.45) is 0 Å². The lowest BCUT2D eigenvalue weighted by atomic mass is 9.88. The number of rotatable bonds is 8. The summed E-state index contributed by atoms with van der Waals surface area (Å²) in [5, 5.41) is 0.841. The zero-order valence-corrected chi connectivity index (χ0v) is 17.1. The predicted molar refractivity (Wildman–Crippen MR) is 85.2 cm³/mol. The minimum Gasteiger partial charge on any atom is -0.321 e. The summed E-state index contributed by atoms with van der Waals surface area (Å²) in [6, 6.07) is 2.48. The van der Waals surface area contributed by atoms with Crippen molar-refractivity contribution in [3.05, 3.63) is 29.3 Å². The van der Waals surface area contributed by atoms with Crippen molar-refractivity contribution in [2.45, 2.75) is 61.5 Å². The van der Waals surface area contributed by atoms with Gasteiger partial charge >= 0.3 is 53.5 Å². The summed E-state index contributed by atoms with van der Waals surface area (Å²) in [5.74, 6) is -61.6. The van der Waals surface area contributed by atoms with Gasteiger partial charge in [-0.3, -0.25) is 4.79 Å². The fourth-order valence-corrected chi connectivity index (χ4v) is 2.34. The van der Waals surface area contributed by atoms with E-state index in [1.807, 2.05) is 0 Å². The average Bonchev–Trinajstić information content (AvgIpc) is 2.68. The molecule has 0 aliphatic rings. The van der Waals surface area contributed by atoms with Gasteiger partial charge in [0.1, 0.15) is 0 Å². The molecule has 1 N–H and O–H groups in total. The lowest BCUT2D eigenvalue weighted by molar-refractivity contribution is -0.459. The van der Waals surface area contributed by atoms with Gasteiger partial charge in [0, 0.05) is 5.69 Å². The maximum atomic E-state index is 13.9. The topological polar surface area (TPSA) is 29.1 Å². The molecule has 1 aromatic rings. The molecule has 19 heteroatoms. The average molecular weight is 567 g/mol. The highest BCUT2D eigenvalue weighted by molar-refractivity contribution is 5.97. The van der Waals surface area contributed by atoms with E-state index in [0.29, 0.717) is 11.6 Å². The molecule has 1 aromatic carbocycles. The molecule has 0 fully saturated rings. The molecule has 208 valence electrons. The normalized spacial score (nSPS) is 15.2. The maximum Gasteiger partial charge on any atom is 0.460 e. The molecule has 0 saturated carbocycles. The van der Waals surface area contributed by atoms with E-state index in [-0.39, 0.29) is 5.56 Å². The van der Waals surface area contributed by atoms with E-state index in [1.165, 1.54) is 13.8 Å². The molecule has 1 rings (SSSR count). The van der Waals surface area contributed by atoms with E-state index >= 15 is 0 Å². The Kier molecular flexibility index (Phi) is 7.47. The van der Waals surface area contributed by atoms with Crippen molar-refractivity contribution in [3.8, 4) is 0 Å². The monoisotopic (exact) mass is 567 g/mol. The van der Waals surface area contributed by atoms with E-state index in [2.05, 4.69) is 0 Å². The first-order valence-corrected chi connectivity index (χ1v) is 8.65. The smallest absolute Gasteiger partial charge is 0.321 e. The van der Waals surface area contributed by atoms with Crippen molar-refractivity contribution in [3.63, 3.8) is 0 Å². The summed E-state index contributed by atoms with van der Waals surface area (Å²) in [7, 11) is 0. The van der Waals surface area contributed by atoms with Gasteiger partial charge in [-0.25, -0.2) is 0 Å². The summed E-state index contributed by atoms with van der Waals surface area (Å²) < 4.78 is 225. The molecule has 0 aliphatic carbocycles. The SMILES string of the molecule is Cc1ccc(NC(=O)C(F)(F)C(F)(F)C(F)(F)C(F)(F)C(F)(F)C(F)(F)C(F)(F)C(F)(F)F)cc1C. The molecule has 0 saturated heterocycles. The lowest BCUT2D eigenvalue weighted by Crippen LogP contribution is -2.75. The van der Waals surface area contributed by atoms with Crippen molar-refractivity contribution >= 4 is 11.6 Å². The highest BCUT2D eigenvalue weighted by Crippen LogP contribution is 2.64. The Bertz CT molecular complexity index is 995. The Morgan fingerprint density at radius 3 is 1.28 bits per heavy atom. The second-order valence-electron chi connectivity index (χ2n) is 7.27. The van der Waals surface area contributed by atoms with Gasteiger partial charge in [0.25, 0.3) is 0 Å². The van der Waals surface area contributed by atoms with E-state index < -0.39 is 59.2 Å². The van der Waals surface area contributed by atoms with Gasteiger partial charge in [-0.1, -0.05) is 6.07 Å². The molecular weight excluding hydrogens is 557 g/mol. The standard InChI is InChI=1S/C17H10F17NO/c1-6-3-4-8(5-7(6)2)35-9(36)10(18,19)11(20,21)12(22,23)13(24,25)14(26,27)15(28,29)16(30,31)17(32,33)34/h3-5H,1-2H3,(H,35,36). The van der Waals surface area contributed by atoms with E-state index in [9.17, 15) is 79.4 Å². The Morgan fingerprint density at radius 2 is 0.917 bits per heavy atom. The summed E-state index contributed by atoms with van der Waals surface area (Å²) in [6.45, 7) is 2.63. The van der Waals surface area contributed by atoms with Gasteiger partial charge in [-0.05, 0) is 37.1 Å². The molecule has 0 atom stereocenters. The molecule has 2 nitrogen and oxygen atoms in total. The third kappa shape index (κ3) is 4.20. The molecule has 36 heavy (non-hydrogen) atoms. The van der Waals surface area contributed by atoms with Crippen LogP contribution in [0.4, 0.5) is 80.3 Å². The Balaban J connectivity index is 3.58. The van der Waals surface area contributed by atoms with Gasteiger partial charge < -0.3 is 5.32 Å². The van der Waals surface area contributed by atoms with Crippen LogP contribution in [-0.2, 0) is 4.79 Å². The van der Waals surface area contributed by atoms with E-state index in [4.69, 9.17) is 0 Å². The van der Waals surface area contributed by atoms with Crippen LogP contribution in [0, 0.1) is 13.8 Å². The van der Waals surface area contributed by atoms with Crippen LogP contribution in [0.25, 0.3) is 0 Å². The quantitative estimate of drug-likeness (QED) is 0.330. The van der Waals surface area contributed by atoms with Crippen LogP contribution < -0.4 is 5.32 Å². The molecule has 0 aromatic heterocycles. The Morgan fingerprint density at radius 1 is 0.556 bits per heavy atom. The molecular formula is C17H10F17NO. The number of nitrogens with one attached hydrogen (secondary N) is 1. The number of hydrogen-bond donors (Lipinski definition) is 1. The molecule has 1 amide bonds. The molecule has 0 aliphatic heterocycles. The summed E-state index contributed by atoms with van der Waals surface area (Å²) >= 11 is 0. The van der Waals surface area contributed by atoms with Gasteiger partial charge in [0.15, 0.2) is 0 Å². The first-order valence-electron chi connectivity index (χ1n) is 8.65. The second-order valence-corrected chi connectivity index (χ2v) is 7.27. The second kappa shape index (κ2) is 8.53. The molecule has 0 radical (unpaired) electrons. The van der Waals surface area contributed by atoms with Crippen LogP contribution in [0.3, 0.4) is 0 Å². The Labute approximate surface area is 188 Å². The van der Waals surface area contributed by atoms with Gasteiger partial charge in [0.2, 0.25) is 0 Å². The maximum absolute atomic E-state index is 13.9. The zero-order chi connectivity index (χ0) is 29.1. The van der Waals surface area contributed by atoms with Gasteiger partial charge in [0.05, 0.1) is 0 Å². The third-order valence-electron chi connectivity index (χ3n) is 4.77. The van der Waals surface area contributed by atoms with E-state index in [1.54, 1.807) is 0 Å². The predicted octanol–water partition coefficient (Wildman–Crippen LogP) is 7.25. The molecule has 0 heterocycles. The van der Waals surface area contributed by atoms with Crippen LogP contribution in [0.1, 0.15) is 11.1 Å². The number of benzene rings is 1. The van der Waals surface area contributed by atoms with Crippen LogP contribution >= 0.6 is 0 Å². The van der Waals surface area contributed by atoms with Crippen LogP contribution in [0.2, 0.25) is 0 Å². The highest BCUT2D eigenvalue weighted by atomic mass is 19.4. The van der Waals surface area contributed by atoms with Crippen molar-refractivity contribution in [2.75, 3.05) is 5.32 Å². The molecule has 0 bridgehead atoms. The number of hydrogen-bond acceptors (Lipinski definition) is 1. The minimum absolute atomic E-state index is 0.146. The van der Waals surface area contributed by atoms with Crippen molar-refractivity contribution in [1.82, 2.24) is 0 Å². The zero-order valence-electron chi connectivity index (χ0n) is 17.1. The number of carbonyl (C=O) groups excluding carboxylic acids is 1. The van der Waals surface area contributed by atoms with Crippen molar-refractivity contribution < 1.29 is 79.4 Å². The lowest BCUT2D eigenvalue weighted by Gasteiger charge is -2.42. The first kappa shape index (κ1) is 31.5. The largest absolute Gasteiger partial charge is 0.460 e. The fourth-order valence-electron chi connectivity index (χ4n) is 2.34. The van der Waals surface area contributed by atoms with Crippen LogP contribution in [0.15, 0.2) is 18.2 Å². The number of amides is 1. The number of aryl methyl sites for hydroxylation is 2.